The molecule has 1 rings (SSSR count). The maximum Gasteiger partial charge on any atom is 0.0177 e. The summed E-state index contributed by atoms with van der Waals surface area (Å²) in [4.78, 5) is 2.46. The molecule has 0 saturated carbocycles. The Hall–Kier alpha value is -0.460. The van der Waals surface area contributed by atoms with E-state index in [0.717, 1.165) is 5.92 Å². The van der Waals surface area contributed by atoms with E-state index >= 15 is 0 Å². The van der Waals surface area contributed by atoms with E-state index < -0.39 is 0 Å². The fourth-order valence-corrected chi connectivity index (χ4v) is 1.75. The van der Waals surface area contributed by atoms with Crippen LogP contribution < -0.4 is 0 Å². The molecule has 1 saturated heterocycles. The lowest BCUT2D eigenvalue weighted by molar-refractivity contribution is 0.199. The van der Waals surface area contributed by atoms with Gasteiger partial charge in [-0.2, -0.15) is 0 Å². The van der Waals surface area contributed by atoms with E-state index in [4.69, 9.17) is 0 Å². The smallest absolute Gasteiger partial charge is 0.0177 e. The molecule has 0 atom stereocenters. The summed E-state index contributed by atoms with van der Waals surface area (Å²) in [5.74, 6) is 0.906. The van der Waals surface area contributed by atoms with Gasteiger partial charge < -0.3 is 4.90 Å². The highest BCUT2D eigenvalue weighted by molar-refractivity contribution is 5.05. The molecular formula is C12H23N. The molecule has 1 heterocycles. The molecule has 1 heteroatoms. The topological polar surface area (TPSA) is 3.24 Å². The number of likely N-dealkylation sites (tertiary alicyclic amines) is 1. The first kappa shape index (κ1) is 10.6. The monoisotopic (exact) mass is 181 g/mol. The van der Waals surface area contributed by atoms with Gasteiger partial charge in [0.1, 0.15) is 0 Å². The van der Waals surface area contributed by atoms with Crippen molar-refractivity contribution in [3.63, 3.8) is 0 Å². The van der Waals surface area contributed by atoms with Gasteiger partial charge in [0.05, 0.1) is 0 Å². The second-order valence-corrected chi connectivity index (χ2v) is 5.37. The lowest BCUT2D eigenvalue weighted by atomic mass is 9.89. The van der Waals surface area contributed by atoms with Gasteiger partial charge >= 0.3 is 0 Å². The predicted molar refractivity (Wildman–Crippen MR) is 58.6 cm³/mol. The maximum absolute atomic E-state index is 4.20. The van der Waals surface area contributed by atoms with E-state index in [1.807, 2.05) is 0 Å². The first-order chi connectivity index (χ1) is 5.91. The summed E-state index contributed by atoms with van der Waals surface area (Å²) >= 11 is 0. The van der Waals surface area contributed by atoms with Gasteiger partial charge in [-0.25, -0.2) is 0 Å². The third kappa shape index (κ3) is 2.75. The maximum atomic E-state index is 4.20. The van der Waals surface area contributed by atoms with Crippen molar-refractivity contribution >= 4 is 0 Å². The van der Waals surface area contributed by atoms with Crippen LogP contribution in [-0.2, 0) is 0 Å². The molecule has 76 valence electrons. The van der Waals surface area contributed by atoms with Gasteiger partial charge in [0, 0.05) is 24.2 Å². The number of hydrogen-bond donors (Lipinski definition) is 0. The van der Waals surface area contributed by atoms with Crippen molar-refractivity contribution in [2.45, 2.75) is 40.5 Å². The Morgan fingerprint density at radius 1 is 1.23 bits per heavy atom. The van der Waals surface area contributed by atoms with E-state index in [9.17, 15) is 0 Å². The Morgan fingerprint density at radius 2 is 1.69 bits per heavy atom. The van der Waals surface area contributed by atoms with Gasteiger partial charge in [-0.3, -0.25) is 0 Å². The van der Waals surface area contributed by atoms with Crippen molar-refractivity contribution in [3.8, 4) is 0 Å². The van der Waals surface area contributed by atoms with Gasteiger partial charge in [-0.15, -0.1) is 0 Å². The lowest BCUT2D eigenvalue weighted by Gasteiger charge is -2.38. The highest BCUT2D eigenvalue weighted by Gasteiger charge is 2.23. The van der Waals surface area contributed by atoms with E-state index in [1.54, 1.807) is 0 Å². The number of hydrogen-bond acceptors (Lipinski definition) is 1. The van der Waals surface area contributed by atoms with E-state index in [2.05, 4.69) is 39.2 Å². The largest absolute Gasteiger partial charge is 0.375 e. The average Bonchev–Trinajstić information content (AvgIpc) is 2.03. The van der Waals surface area contributed by atoms with Crippen molar-refractivity contribution in [2.24, 2.45) is 11.3 Å². The van der Waals surface area contributed by atoms with Crippen molar-refractivity contribution < 1.29 is 0 Å². The summed E-state index contributed by atoms with van der Waals surface area (Å²) in [6, 6.07) is 0. The van der Waals surface area contributed by atoms with Crippen LogP contribution in [0.3, 0.4) is 0 Å². The molecule has 0 aromatic carbocycles. The number of piperidine rings is 1. The SMILES string of the molecule is C=C(N1CCC(C)CC1)C(C)(C)C. The molecule has 0 N–H and O–H groups in total. The van der Waals surface area contributed by atoms with Crippen LogP contribution in [0.2, 0.25) is 0 Å². The normalized spacial score (nSPS) is 20.5. The Labute approximate surface area is 82.8 Å². The standard InChI is InChI=1S/C12H23N/c1-10-6-8-13(9-7-10)11(2)12(3,4)5/h10H,2,6-9H2,1,3-5H3. The van der Waals surface area contributed by atoms with Gasteiger partial charge in [0.25, 0.3) is 0 Å². The molecule has 0 aromatic rings. The molecule has 0 radical (unpaired) electrons. The summed E-state index contributed by atoms with van der Waals surface area (Å²) in [7, 11) is 0. The molecule has 1 nitrogen and oxygen atoms in total. The van der Waals surface area contributed by atoms with Gasteiger partial charge in [0.15, 0.2) is 0 Å². The highest BCUT2D eigenvalue weighted by atomic mass is 15.1. The Kier molecular flexibility index (Phi) is 3.05. The number of allylic oxidation sites excluding steroid dienone is 1. The zero-order valence-electron chi connectivity index (χ0n) is 9.56. The van der Waals surface area contributed by atoms with Crippen molar-refractivity contribution in [1.29, 1.82) is 0 Å². The Bertz CT molecular complexity index is 180. The Morgan fingerprint density at radius 3 is 2.08 bits per heavy atom. The van der Waals surface area contributed by atoms with Crippen LogP contribution >= 0.6 is 0 Å². The van der Waals surface area contributed by atoms with Crippen molar-refractivity contribution in [2.75, 3.05) is 13.1 Å². The predicted octanol–water partition coefficient (Wildman–Crippen LogP) is 3.28. The molecular weight excluding hydrogens is 158 g/mol. The molecule has 0 spiro atoms. The van der Waals surface area contributed by atoms with Crippen LogP contribution in [0.4, 0.5) is 0 Å². The molecule has 0 aromatic heterocycles. The second kappa shape index (κ2) is 3.73. The third-order valence-corrected chi connectivity index (χ3v) is 3.03. The average molecular weight is 181 g/mol. The quantitative estimate of drug-likeness (QED) is 0.600. The van der Waals surface area contributed by atoms with Gasteiger partial charge in [0.2, 0.25) is 0 Å². The van der Waals surface area contributed by atoms with Crippen LogP contribution in [-0.4, -0.2) is 18.0 Å². The number of nitrogens with zero attached hydrogens (tertiary/aromatic N) is 1. The number of rotatable bonds is 1. The Balaban J connectivity index is 2.50. The van der Waals surface area contributed by atoms with Crippen LogP contribution in [0.15, 0.2) is 12.3 Å². The fourth-order valence-electron chi connectivity index (χ4n) is 1.75. The molecule has 13 heavy (non-hydrogen) atoms. The summed E-state index contributed by atoms with van der Waals surface area (Å²) in [6.45, 7) is 15.7. The van der Waals surface area contributed by atoms with Gasteiger partial charge in [-0.05, 0) is 18.8 Å². The minimum Gasteiger partial charge on any atom is -0.375 e. The zero-order chi connectivity index (χ0) is 10.1. The van der Waals surface area contributed by atoms with E-state index in [0.29, 0.717) is 0 Å². The summed E-state index contributed by atoms with van der Waals surface area (Å²) in [5, 5.41) is 0. The second-order valence-electron chi connectivity index (χ2n) is 5.37. The summed E-state index contributed by atoms with van der Waals surface area (Å²) in [6.07, 6.45) is 2.66. The lowest BCUT2D eigenvalue weighted by Crippen LogP contribution is -2.36. The molecule has 0 unspecified atom stereocenters. The van der Waals surface area contributed by atoms with Crippen molar-refractivity contribution in [1.82, 2.24) is 4.90 Å². The van der Waals surface area contributed by atoms with Crippen LogP contribution in [0.1, 0.15) is 40.5 Å². The van der Waals surface area contributed by atoms with E-state index in [1.165, 1.54) is 31.6 Å². The summed E-state index contributed by atoms with van der Waals surface area (Å²) < 4.78 is 0. The summed E-state index contributed by atoms with van der Waals surface area (Å²) in [5.41, 5.74) is 1.54. The third-order valence-electron chi connectivity index (χ3n) is 3.03. The molecule has 0 aliphatic carbocycles. The molecule has 0 bridgehead atoms. The molecule has 0 amide bonds. The van der Waals surface area contributed by atoms with Crippen LogP contribution in [0.25, 0.3) is 0 Å². The fraction of sp³-hybridized carbons (Fsp3) is 0.833. The zero-order valence-corrected chi connectivity index (χ0v) is 9.56. The minimum absolute atomic E-state index is 0.237. The molecule has 1 aliphatic rings. The first-order valence-electron chi connectivity index (χ1n) is 5.35. The van der Waals surface area contributed by atoms with E-state index in [-0.39, 0.29) is 5.41 Å². The minimum atomic E-state index is 0.237. The molecule has 1 aliphatic heterocycles. The van der Waals surface area contributed by atoms with Crippen LogP contribution in [0.5, 0.6) is 0 Å². The molecule has 1 fully saturated rings. The highest BCUT2D eigenvalue weighted by Crippen LogP contribution is 2.29. The van der Waals surface area contributed by atoms with Gasteiger partial charge in [-0.1, -0.05) is 34.3 Å². The first-order valence-corrected chi connectivity index (χ1v) is 5.35. The van der Waals surface area contributed by atoms with Crippen LogP contribution in [0, 0.1) is 11.3 Å². The van der Waals surface area contributed by atoms with Crippen molar-refractivity contribution in [3.05, 3.63) is 12.3 Å².